The Balaban J connectivity index is 1.57. The van der Waals surface area contributed by atoms with Crippen molar-refractivity contribution in [2.24, 2.45) is 0 Å². The molecule has 174 valence electrons. The summed E-state index contributed by atoms with van der Waals surface area (Å²) in [5.74, 6) is -0.0873. The van der Waals surface area contributed by atoms with E-state index in [1.54, 1.807) is 29.8 Å². The van der Waals surface area contributed by atoms with Crippen molar-refractivity contribution >= 4 is 44.9 Å². The second-order valence-electron chi connectivity index (χ2n) is 8.65. The van der Waals surface area contributed by atoms with Crippen molar-refractivity contribution in [2.45, 2.75) is 51.6 Å². The molecule has 0 atom stereocenters. The molecule has 1 N–H and O–H groups in total. The number of nitrogens with zero attached hydrogens (tertiary/aromatic N) is 2. The summed E-state index contributed by atoms with van der Waals surface area (Å²) < 4.78 is 1.63. The zero-order valence-electron chi connectivity index (χ0n) is 19.4. The minimum atomic E-state index is -0.127. The zero-order chi connectivity index (χ0) is 24.0. The van der Waals surface area contributed by atoms with Crippen LogP contribution in [0.5, 0.6) is 0 Å². The molecule has 0 radical (unpaired) electrons. The number of H-pyrrole nitrogens is 1. The molecule has 0 saturated heterocycles. The molecule has 1 aromatic carbocycles. The molecule has 1 aliphatic carbocycles. The highest BCUT2D eigenvalue weighted by molar-refractivity contribution is 7.99. The van der Waals surface area contributed by atoms with E-state index in [1.165, 1.54) is 23.6 Å². The number of nitrogens with one attached hydrogen (secondary N) is 1. The lowest BCUT2D eigenvalue weighted by molar-refractivity contribution is 0.101. The second kappa shape index (κ2) is 9.00. The van der Waals surface area contributed by atoms with Gasteiger partial charge in [0.1, 0.15) is 4.83 Å². The van der Waals surface area contributed by atoms with E-state index in [0.717, 1.165) is 47.2 Å². The van der Waals surface area contributed by atoms with Crippen LogP contribution in [0.15, 0.2) is 40.3 Å². The molecule has 3 aromatic heterocycles. The first-order valence-corrected chi connectivity index (χ1v) is 13.2. The lowest BCUT2D eigenvalue weighted by Gasteiger charge is -2.13. The van der Waals surface area contributed by atoms with E-state index < -0.39 is 0 Å². The van der Waals surface area contributed by atoms with E-state index in [1.807, 2.05) is 30.3 Å². The van der Waals surface area contributed by atoms with Gasteiger partial charge in [0.05, 0.1) is 22.5 Å². The Morgan fingerprint density at radius 3 is 2.59 bits per heavy atom. The summed E-state index contributed by atoms with van der Waals surface area (Å²) in [7, 11) is 0. The Morgan fingerprint density at radius 1 is 1.15 bits per heavy atom. The summed E-state index contributed by atoms with van der Waals surface area (Å²) in [5, 5.41) is 1.23. The molecule has 0 spiro atoms. The second-order valence-corrected chi connectivity index (χ2v) is 10.7. The Kier molecular flexibility index (Phi) is 6.04. The summed E-state index contributed by atoms with van der Waals surface area (Å²) >= 11 is 2.86. The molecule has 1 aliphatic rings. The number of thioether (sulfide) groups is 1. The molecule has 6 nitrogen and oxygen atoms in total. The molecule has 0 unspecified atom stereocenters. The molecule has 34 heavy (non-hydrogen) atoms. The maximum Gasteiger partial charge on any atom is 0.267 e. The number of ketones is 2. The predicted octanol–water partition coefficient (Wildman–Crippen LogP) is 5.45. The summed E-state index contributed by atoms with van der Waals surface area (Å²) in [5.41, 5.74) is 4.19. The fourth-order valence-corrected chi connectivity index (χ4v) is 7.03. The molecular weight excluding hydrogens is 466 g/mol. The minimum Gasteiger partial charge on any atom is -0.355 e. The molecule has 0 saturated carbocycles. The third-order valence-corrected chi connectivity index (χ3v) is 8.50. The van der Waals surface area contributed by atoms with Crippen LogP contribution in [0.3, 0.4) is 0 Å². The number of aryl methyl sites for hydroxylation is 3. The molecule has 0 bridgehead atoms. The number of hydrogen-bond acceptors (Lipinski definition) is 6. The van der Waals surface area contributed by atoms with Gasteiger partial charge in [0.15, 0.2) is 16.7 Å². The molecule has 0 fully saturated rings. The van der Waals surface area contributed by atoms with E-state index >= 15 is 0 Å². The van der Waals surface area contributed by atoms with Gasteiger partial charge in [0.25, 0.3) is 5.56 Å². The Labute approximate surface area is 205 Å². The van der Waals surface area contributed by atoms with Gasteiger partial charge in [-0.3, -0.25) is 19.0 Å². The topological polar surface area (TPSA) is 84.8 Å². The van der Waals surface area contributed by atoms with Gasteiger partial charge >= 0.3 is 0 Å². The van der Waals surface area contributed by atoms with Gasteiger partial charge in [-0.2, -0.15) is 0 Å². The number of aromatic nitrogens is 3. The number of para-hydroxylation sites is 1. The predicted molar refractivity (Wildman–Crippen MR) is 137 cm³/mol. The van der Waals surface area contributed by atoms with E-state index in [2.05, 4.69) is 4.98 Å². The van der Waals surface area contributed by atoms with Crippen LogP contribution in [0.4, 0.5) is 0 Å². The number of carbonyl (C=O) groups excluding carboxylic acids is 2. The third-order valence-electron chi connectivity index (χ3n) is 6.37. The normalized spacial score (nSPS) is 13.3. The fourth-order valence-electron chi connectivity index (χ4n) is 4.85. The van der Waals surface area contributed by atoms with Crippen molar-refractivity contribution in [3.05, 3.63) is 73.6 Å². The number of rotatable bonds is 6. The van der Waals surface area contributed by atoms with Gasteiger partial charge in [-0.05, 0) is 69.7 Å². The lowest BCUT2D eigenvalue weighted by atomic mass is 9.97. The highest BCUT2D eigenvalue weighted by atomic mass is 32.2. The third kappa shape index (κ3) is 3.84. The van der Waals surface area contributed by atoms with Crippen molar-refractivity contribution in [3.8, 4) is 5.69 Å². The highest BCUT2D eigenvalue weighted by Gasteiger charge is 2.24. The average molecular weight is 492 g/mol. The molecule has 5 rings (SSSR count). The van der Waals surface area contributed by atoms with E-state index in [-0.39, 0.29) is 22.9 Å². The summed E-state index contributed by atoms with van der Waals surface area (Å²) in [6.07, 6.45) is 4.13. The van der Waals surface area contributed by atoms with Crippen LogP contribution < -0.4 is 5.56 Å². The van der Waals surface area contributed by atoms with Gasteiger partial charge in [-0.25, -0.2) is 4.98 Å². The number of fused-ring (bicyclic) bond motifs is 3. The van der Waals surface area contributed by atoms with Crippen LogP contribution in [-0.2, 0) is 12.8 Å². The SMILES string of the molecule is CC(=O)c1c(C)[nH]c(C(=O)CSc2nc3sc4c(c3c(=O)n2-c2ccccc2)CCCC4)c1C. The van der Waals surface area contributed by atoms with Crippen LogP contribution in [-0.4, -0.2) is 31.9 Å². The van der Waals surface area contributed by atoms with E-state index in [0.29, 0.717) is 27.7 Å². The maximum atomic E-state index is 13.8. The maximum absolute atomic E-state index is 13.8. The van der Waals surface area contributed by atoms with Crippen LogP contribution >= 0.6 is 23.1 Å². The van der Waals surface area contributed by atoms with Crippen LogP contribution in [0.25, 0.3) is 15.9 Å². The quantitative estimate of drug-likeness (QED) is 0.220. The Hall–Kier alpha value is -2.97. The van der Waals surface area contributed by atoms with Crippen LogP contribution in [0, 0.1) is 13.8 Å². The van der Waals surface area contributed by atoms with Crippen molar-refractivity contribution in [1.29, 1.82) is 0 Å². The minimum absolute atomic E-state index is 0.0651. The largest absolute Gasteiger partial charge is 0.355 e. The Bertz CT molecular complexity index is 1500. The number of Topliss-reactive ketones (excluding diaryl/α,β-unsaturated/α-hetero) is 2. The summed E-state index contributed by atoms with van der Waals surface area (Å²) in [6.45, 7) is 5.10. The lowest BCUT2D eigenvalue weighted by Crippen LogP contribution is -2.22. The number of hydrogen-bond donors (Lipinski definition) is 1. The molecular formula is C26H25N3O3S2. The molecule has 0 amide bonds. The highest BCUT2D eigenvalue weighted by Crippen LogP contribution is 2.35. The van der Waals surface area contributed by atoms with E-state index in [4.69, 9.17) is 4.98 Å². The van der Waals surface area contributed by atoms with Gasteiger partial charge in [-0.15, -0.1) is 11.3 Å². The zero-order valence-corrected chi connectivity index (χ0v) is 21.0. The number of carbonyl (C=O) groups is 2. The monoisotopic (exact) mass is 491 g/mol. The first-order valence-electron chi connectivity index (χ1n) is 11.4. The molecule has 8 heteroatoms. The van der Waals surface area contributed by atoms with Crippen molar-refractivity contribution in [3.63, 3.8) is 0 Å². The van der Waals surface area contributed by atoms with Crippen LogP contribution in [0.2, 0.25) is 0 Å². The number of benzene rings is 1. The van der Waals surface area contributed by atoms with E-state index in [9.17, 15) is 14.4 Å². The smallest absolute Gasteiger partial charge is 0.267 e. The number of thiophene rings is 1. The Morgan fingerprint density at radius 2 is 1.88 bits per heavy atom. The van der Waals surface area contributed by atoms with Crippen LogP contribution in [0.1, 0.15) is 62.3 Å². The molecule has 0 aliphatic heterocycles. The summed E-state index contributed by atoms with van der Waals surface area (Å²) in [6, 6.07) is 9.47. The van der Waals surface area contributed by atoms with Crippen molar-refractivity contribution in [2.75, 3.05) is 5.75 Å². The van der Waals surface area contributed by atoms with Gasteiger partial charge in [0, 0.05) is 16.1 Å². The van der Waals surface area contributed by atoms with Crippen molar-refractivity contribution < 1.29 is 9.59 Å². The standard InChI is InChI=1S/C26H25N3O3S2/c1-14-21(16(3)30)15(2)27-23(14)19(31)13-33-26-28-24-22(18-11-7-8-12-20(18)34-24)25(32)29(26)17-9-5-4-6-10-17/h4-6,9-10,27H,7-8,11-13H2,1-3H3. The first kappa shape index (κ1) is 22.8. The molecule has 3 heterocycles. The summed E-state index contributed by atoms with van der Waals surface area (Å²) in [4.78, 5) is 48.8. The van der Waals surface area contributed by atoms with Gasteiger partial charge in [-0.1, -0.05) is 30.0 Å². The fraction of sp³-hybridized carbons (Fsp3) is 0.308. The van der Waals surface area contributed by atoms with Gasteiger partial charge in [0.2, 0.25) is 0 Å². The van der Waals surface area contributed by atoms with Gasteiger partial charge < -0.3 is 4.98 Å². The number of aromatic amines is 1. The average Bonchev–Trinajstić information content (AvgIpc) is 3.34. The molecule has 4 aromatic rings. The van der Waals surface area contributed by atoms with Crippen molar-refractivity contribution in [1.82, 2.24) is 14.5 Å². The first-order chi connectivity index (χ1) is 16.4.